The third kappa shape index (κ3) is 3.33. The number of rotatable bonds is 6. The zero-order valence-electron chi connectivity index (χ0n) is 12.9. The largest absolute Gasteiger partial charge is 0.361 e. The lowest BCUT2D eigenvalue weighted by atomic mass is 9.85. The average molecular weight is 255 g/mol. The van der Waals surface area contributed by atoms with Crippen LogP contribution in [0.4, 0.5) is 0 Å². The fraction of sp³-hybridized carbons (Fsp3) is 0.933. The van der Waals surface area contributed by atoms with Gasteiger partial charge in [0.25, 0.3) is 0 Å². The maximum atomic E-state index is 12.4. The number of nitrogens with zero attached hydrogens (tertiary/aromatic N) is 1. The maximum absolute atomic E-state index is 12.4. The van der Waals surface area contributed by atoms with E-state index < -0.39 is 5.60 Å². The first-order valence-electron chi connectivity index (χ1n) is 7.21. The molecule has 0 aromatic heterocycles. The van der Waals surface area contributed by atoms with Crippen LogP contribution in [-0.4, -0.2) is 41.5 Å². The normalized spacial score (nSPS) is 25.9. The summed E-state index contributed by atoms with van der Waals surface area (Å²) in [6.07, 6.45) is 2.26. The van der Waals surface area contributed by atoms with Crippen molar-refractivity contribution in [2.24, 2.45) is 5.92 Å². The monoisotopic (exact) mass is 255 g/mol. The Balaban J connectivity index is 2.77. The zero-order chi connectivity index (χ0) is 14.0. The van der Waals surface area contributed by atoms with Crippen molar-refractivity contribution in [3.8, 4) is 0 Å². The van der Waals surface area contributed by atoms with Gasteiger partial charge in [-0.15, -0.1) is 0 Å². The van der Waals surface area contributed by atoms with Gasteiger partial charge in [-0.25, -0.2) is 0 Å². The minimum Gasteiger partial charge on any atom is -0.361 e. The molecular weight excluding hydrogens is 226 g/mol. The Bertz CT molecular complexity index is 291. The molecule has 1 aliphatic rings. The molecule has 1 atom stereocenters. The van der Waals surface area contributed by atoms with Crippen molar-refractivity contribution in [1.82, 2.24) is 4.90 Å². The van der Waals surface area contributed by atoms with Gasteiger partial charge < -0.3 is 9.64 Å². The van der Waals surface area contributed by atoms with Crippen LogP contribution in [0.1, 0.15) is 54.4 Å². The second kappa shape index (κ2) is 5.70. The van der Waals surface area contributed by atoms with Gasteiger partial charge in [-0.3, -0.25) is 4.79 Å². The Morgan fingerprint density at radius 2 is 1.61 bits per heavy atom. The van der Waals surface area contributed by atoms with Crippen LogP contribution >= 0.6 is 0 Å². The summed E-state index contributed by atoms with van der Waals surface area (Å²) in [5, 5.41) is 0. The fourth-order valence-corrected chi connectivity index (χ4v) is 3.00. The van der Waals surface area contributed by atoms with E-state index >= 15 is 0 Å². The summed E-state index contributed by atoms with van der Waals surface area (Å²) in [6.45, 7) is 15.2. The highest BCUT2D eigenvalue weighted by molar-refractivity contribution is 5.91. The maximum Gasteiger partial charge on any atom is 0.171 e. The fourth-order valence-electron chi connectivity index (χ4n) is 3.00. The standard InChI is InChI=1S/C15H29NO2/c1-7-9-16(10-8-2)11-12-13(17)15(5,6)18-14(12,3)4/h12H,7-11H2,1-6H3. The van der Waals surface area contributed by atoms with Crippen LogP contribution in [-0.2, 0) is 9.53 Å². The smallest absolute Gasteiger partial charge is 0.171 e. The highest BCUT2D eigenvalue weighted by Crippen LogP contribution is 2.39. The number of Topliss-reactive ketones (excluding diaryl/α,β-unsaturated/α-hetero) is 1. The van der Waals surface area contributed by atoms with E-state index in [1.165, 1.54) is 0 Å². The molecule has 0 aliphatic carbocycles. The Morgan fingerprint density at radius 1 is 1.11 bits per heavy atom. The van der Waals surface area contributed by atoms with E-state index in [-0.39, 0.29) is 17.3 Å². The molecule has 3 heteroatoms. The summed E-state index contributed by atoms with van der Waals surface area (Å²) in [4.78, 5) is 14.8. The summed E-state index contributed by atoms with van der Waals surface area (Å²) in [5.41, 5.74) is -0.974. The Morgan fingerprint density at radius 3 is 1.94 bits per heavy atom. The molecule has 0 amide bonds. The summed E-state index contributed by atoms with van der Waals surface area (Å²) in [7, 11) is 0. The number of hydrogen-bond donors (Lipinski definition) is 0. The quantitative estimate of drug-likeness (QED) is 0.731. The molecule has 0 aromatic rings. The topological polar surface area (TPSA) is 29.5 Å². The lowest BCUT2D eigenvalue weighted by Gasteiger charge is -2.30. The number of carbonyl (C=O) groups is 1. The van der Waals surface area contributed by atoms with E-state index in [1.54, 1.807) is 0 Å². The van der Waals surface area contributed by atoms with Gasteiger partial charge in [-0.1, -0.05) is 13.8 Å². The van der Waals surface area contributed by atoms with Crippen molar-refractivity contribution < 1.29 is 9.53 Å². The van der Waals surface area contributed by atoms with Crippen molar-refractivity contribution >= 4 is 5.78 Å². The van der Waals surface area contributed by atoms with Gasteiger partial charge in [-0.05, 0) is 53.6 Å². The van der Waals surface area contributed by atoms with Crippen molar-refractivity contribution in [1.29, 1.82) is 0 Å². The predicted molar refractivity (Wildman–Crippen MR) is 74.8 cm³/mol. The minimum atomic E-state index is -0.627. The first-order chi connectivity index (χ1) is 8.24. The molecule has 1 unspecified atom stereocenters. The van der Waals surface area contributed by atoms with Crippen LogP contribution in [0.5, 0.6) is 0 Å². The molecule has 1 heterocycles. The van der Waals surface area contributed by atoms with Crippen LogP contribution < -0.4 is 0 Å². The van der Waals surface area contributed by atoms with Gasteiger partial charge in [0.05, 0.1) is 11.5 Å². The Kier molecular flexibility index (Phi) is 4.96. The molecule has 0 spiro atoms. The van der Waals surface area contributed by atoms with Crippen molar-refractivity contribution in [2.45, 2.75) is 65.6 Å². The summed E-state index contributed by atoms with van der Waals surface area (Å²) < 4.78 is 5.94. The minimum absolute atomic E-state index is 0.00870. The molecular formula is C15H29NO2. The summed E-state index contributed by atoms with van der Waals surface area (Å²) >= 11 is 0. The first kappa shape index (κ1) is 15.6. The lowest BCUT2D eigenvalue weighted by molar-refractivity contribution is -0.132. The van der Waals surface area contributed by atoms with Crippen LogP contribution in [0, 0.1) is 5.92 Å². The van der Waals surface area contributed by atoms with Gasteiger partial charge >= 0.3 is 0 Å². The highest BCUT2D eigenvalue weighted by Gasteiger charge is 2.53. The molecule has 0 aromatic carbocycles. The van der Waals surface area contributed by atoms with Crippen LogP contribution in [0.3, 0.4) is 0 Å². The molecule has 0 radical (unpaired) electrons. The number of ether oxygens (including phenoxy) is 1. The van der Waals surface area contributed by atoms with Crippen LogP contribution in [0.25, 0.3) is 0 Å². The summed E-state index contributed by atoms with van der Waals surface area (Å²) in [5.74, 6) is 0.246. The third-order valence-corrected chi connectivity index (χ3v) is 3.79. The molecule has 0 N–H and O–H groups in total. The van der Waals surface area contributed by atoms with E-state index in [1.807, 2.05) is 27.7 Å². The van der Waals surface area contributed by atoms with E-state index in [0.29, 0.717) is 0 Å². The van der Waals surface area contributed by atoms with Crippen molar-refractivity contribution in [3.05, 3.63) is 0 Å². The van der Waals surface area contributed by atoms with Crippen LogP contribution in [0.2, 0.25) is 0 Å². The number of ketones is 1. The van der Waals surface area contributed by atoms with Crippen molar-refractivity contribution in [2.75, 3.05) is 19.6 Å². The lowest BCUT2D eigenvalue weighted by Crippen LogP contribution is -2.41. The van der Waals surface area contributed by atoms with Gasteiger partial charge in [-0.2, -0.15) is 0 Å². The molecule has 1 aliphatic heterocycles. The van der Waals surface area contributed by atoms with E-state index in [4.69, 9.17) is 4.74 Å². The molecule has 1 fully saturated rings. The first-order valence-corrected chi connectivity index (χ1v) is 7.21. The molecule has 106 valence electrons. The molecule has 18 heavy (non-hydrogen) atoms. The molecule has 3 nitrogen and oxygen atoms in total. The average Bonchev–Trinajstić information content (AvgIpc) is 2.37. The predicted octanol–water partition coefficient (Wildman–Crippen LogP) is 2.88. The SMILES string of the molecule is CCCN(CCC)CC1C(=O)C(C)(C)OC1(C)C. The van der Waals surface area contributed by atoms with Gasteiger partial charge in [0, 0.05) is 6.54 Å². The van der Waals surface area contributed by atoms with E-state index in [2.05, 4.69) is 18.7 Å². The highest BCUT2D eigenvalue weighted by atomic mass is 16.5. The van der Waals surface area contributed by atoms with Gasteiger partial charge in [0.1, 0.15) is 5.60 Å². The summed E-state index contributed by atoms with van der Waals surface area (Å²) in [6, 6.07) is 0. The number of carbonyl (C=O) groups excluding carboxylic acids is 1. The third-order valence-electron chi connectivity index (χ3n) is 3.79. The van der Waals surface area contributed by atoms with Gasteiger partial charge in [0.2, 0.25) is 0 Å². The number of hydrogen-bond acceptors (Lipinski definition) is 3. The second-order valence-corrected chi connectivity index (χ2v) is 6.43. The van der Waals surface area contributed by atoms with E-state index in [9.17, 15) is 4.79 Å². The Labute approximate surface area is 112 Å². The molecule has 1 saturated heterocycles. The molecule has 1 rings (SSSR count). The second-order valence-electron chi connectivity index (χ2n) is 6.43. The molecule has 0 saturated carbocycles. The van der Waals surface area contributed by atoms with E-state index in [0.717, 1.165) is 32.5 Å². The van der Waals surface area contributed by atoms with Crippen molar-refractivity contribution in [3.63, 3.8) is 0 Å². The Hall–Kier alpha value is -0.410. The van der Waals surface area contributed by atoms with Crippen LogP contribution in [0.15, 0.2) is 0 Å². The zero-order valence-corrected chi connectivity index (χ0v) is 12.9. The molecule has 0 bridgehead atoms. The van der Waals surface area contributed by atoms with Gasteiger partial charge in [0.15, 0.2) is 5.78 Å².